The molecule has 102 valence electrons. The van der Waals surface area contributed by atoms with Crippen LogP contribution in [0.5, 0.6) is 11.5 Å². The monoisotopic (exact) mass is 262 g/mol. The van der Waals surface area contributed by atoms with E-state index >= 15 is 0 Å². The van der Waals surface area contributed by atoms with Crippen LogP contribution in [0.25, 0.3) is 0 Å². The van der Waals surface area contributed by atoms with Crippen LogP contribution in [0.15, 0.2) is 24.5 Å². The quantitative estimate of drug-likeness (QED) is 0.761. The Balaban J connectivity index is 2.03. The Morgan fingerprint density at radius 2 is 1.95 bits per heavy atom. The summed E-state index contributed by atoms with van der Waals surface area (Å²) >= 11 is 0. The number of nitrogens with zero attached hydrogens (tertiary/aromatic N) is 3. The number of aryl methyl sites for hydroxylation is 1. The van der Waals surface area contributed by atoms with Gasteiger partial charge in [0.15, 0.2) is 0 Å². The second-order valence-electron chi connectivity index (χ2n) is 4.42. The standard InChI is InChI=1S/C13H18N4O2/c1-3-17-8-15-16-13(17)7-14-9(2)10-4-11(18)6-12(19)5-10/h4-6,8-9,14,18-19H,3,7H2,1-2H3. The molecule has 3 N–H and O–H groups in total. The molecule has 0 radical (unpaired) electrons. The maximum Gasteiger partial charge on any atom is 0.146 e. The topological polar surface area (TPSA) is 83.2 Å². The van der Waals surface area contributed by atoms with Crippen LogP contribution in [0.1, 0.15) is 31.3 Å². The van der Waals surface area contributed by atoms with E-state index in [2.05, 4.69) is 15.5 Å². The Labute approximate surface area is 111 Å². The first-order chi connectivity index (χ1) is 9.10. The molecule has 0 saturated heterocycles. The molecule has 1 aromatic carbocycles. The molecule has 1 aromatic heterocycles. The molecule has 2 rings (SSSR count). The molecule has 19 heavy (non-hydrogen) atoms. The number of hydrogen-bond acceptors (Lipinski definition) is 5. The van der Waals surface area contributed by atoms with Crippen molar-refractivity contribution in [3.8, 4) is 11.5 Å². The van der Waals surface area contributed by atoms with Gasteiger partial charge in [-0.3, -0.25) is 0 Å². The highest BCUT2D eigenvalue weighted by atomic mass is 16.3. The first-order valence-corrected chi connectivity index (χ1v) is 6.23. The lowest BCUT2D eigenvalue weighted by Crippen LogP contribution is -2.20. The van der Waals surface area contributed by atoms with Crippen LogP contribution in [0.4, 0.5) is 0 Å². The highest BCUT2D eigenvalue weighted by molar-refractivity contribution is 5.37. The molecule has 1 unspecified atom stereocenters. The Kier molecular flexibility index (Phi) is 4.01. The number of aromatic hydroxyl groups is 2. The second kappa shape index (κ2) is 5.71. The molecule has 0 aliphatic rings. The van der Waals surface area contributed by atoms with Crippen molar-refractivity contribution in [3.05, 3.63) is 35.9 Å². The molecular formula is C13H18N4O2. The summed E-state index contributed by atoms with van der Waals surface area (Å²) in [6.45, 7) is 5.39. The number of phenols is 2. The Hall–Kier alpha value is -2.08. The van der Waals surface area contributed by atoms with Crippen molar-refractivity contribution < 1.29 is 10.2 Å². The molecule has 0 fully saturated rings. The van der Waals surface area contributed by atoms with E-state index in [1.165, 1.54) is 6.07 Å². The Morgan fingerprint density at radius 3 is 2.58 bits per heavy atom. The van der Waals surface area contributed by atoms with Crippen LogP contribution in [-0.2, 0) is 13.1 Å². The summed E-state index contributed by atoms with van der Waals surface area (Å²) in [5.74, 6) is 0.972. The van der Waals surface area contributed by atoms with Crippen molar-refractivity contribution in [2.24, 2.45) is 0 Å². The van der Waals surface area contributed by atoms with Crippen LogP contribution in [0.2, 0.25) is 0 Å². The average Bonchev–Trinajstić information content (AvgIpc) is 2.82. The summed E-state index contributed by atoms with van der Waals surface area (Å²) < 4.78 is 1.96. The maximum absolute atomic E-state index is 9.46. The minimum Gasteiger partial charge on any atom is -0.508 e. The molecule has 2 aromatic rings. The zero-order chi connectivity index (χ0) is 13.8. The Bertz CT molecular complexity index is 533. The van der Waals surface area contributed by atoms with Crippen LogP contribution in [0.3, 0.4) is 0 Å². The predicted molar refractivity (Wildman–Crippen MR) is 70.7 cm³/mol. The van der Waals surface area contributed by atoms with Gasteiger partial charge in [0.2, 0.25) is 0 Å². The highest BCUT2D eigenvalue weighted by Crippen LogP contribution is 2.24. The number of rotatable bonds is 5. The lowest BCUT2D eigenvalue weighted by atomic mass is 10.1. The van der Waals surface area contributed by atoms with Crippen molar-refractivity contribution in [1.29, 1.82) is 0 Å². The molecule has 0 bridgehead atoms. The van der Waals surface area contributed by atoms with Gasteiger partial charge in [-0.05, 0) is 31.5 Å². The van der Waals surface area contributed by atoms with Gasteiger partial charge in [0.05, 0.1) is 6.54 Å². The lowest BCUT2D eigenvalue weighted by molar-refractivity contribution is 0.445. The zero-order valence-corrected chi connectivity index (χ0v) is 11.0. The van der Waals surface area contributed by atoms with Crippen molar-refractivity contribution in [3.63, 3.8) is 0 Å². The smallest absolute Gasteiger partial charge is 0.146 e. The third-order valence-electron chi connectivity index (χ3n) is 3.03. The van der Waals surface area contributed by atoms with E-state index in [4.69, 9.17) is 0 Å². The molecular weight excluding hydrogens is 244 g/mol. The van der Waals surface area contributed by atoms with Gasteiger partial charge in [-0.25, -0.2) is 0 Å². The molecule has 0 aliphatic carbocycles. The van der Waals surface area contributed by atoms with E-state index in [1.807, 2.05) is 18.4 Å². The van der Waals surface area contributed by atoms with E-state index in [0.29, 0.717) is 6.54 Å². The number of benzene rings is 1. The summed E-state index contributed by atoms with van der Waals surface area (Å²) in [5.41, 5.74) is 0.820. The number of nitrogens with one attached hydrogen (secondary N) is 1. The molecule has 6 heteroatoms. The van der Waals surface area contributed by atoms with Crippen LogP contribution in [-0.4, -0.2) is 25.0 Å². The van der Waals surface area contributed by atoms with Crippen molar-refractivity contribution >= 4 is 0 Å². The molecule has 1 atom stereocenters. The molecule has 0 saturated carbocycles. The first-order valence-electron chi connectivity index (χ1n) is 6.23. The summed E-state index contributed by atoms with van der Waals surface area (Å²) in [5, 5.41) is 30.1. The fourth-order valence-corrected chi connectivity index (χ4v) is 1.91. The van der Waals surface area contributed by atoms with Crippen molar-refractivity contribution in [2.45, 2.75) is 33.0 Å². The Morgan fingerprint density at radius 1 is 1.26 bits per heavy atom. The molecule has 0 spiro atoms. The van der Waals surface area contributed by atoms with Crippen LogP contribution >= 0.6 is 0 Å². The van der Waals surface area contributed by atoms with Crippen LogP contribution in [0, 0.1) is 0 Å². The van der Waals surface area contributed by atoms with Gasteiger partial charge in [-0.2, -0.15) is 0 Å². The zero-order valence-electron chi connectivity index (χ0n) is 11.0. The van der Waals surface area contributed by atoms with Crippen molar-refractivity contribution in [1.82, 2.24) is 20.1 Å². The molecule has 6 nitrogen and oxygen atoms in total. The largest absolute Gasteiger partial charge is 0.508 e. The van der Waals surface area contributed by atoms with E-state index in [-0.39, 0.29) is 17.5 Å². The highest BCUT2D eigenvalue weighted by Gasteiger charge is 2.09. The maximum atomic E-state index is 9.46. The lowest BCUT2D eigenvalue weighted by Gasteiger charge is -2.14. The first kappa shape index (κ1) is 13.4. The summed E-state index contributed by atoms with van der Waals surface area (Å²) in [6.07, 6.45) is 1.70. The van der Waals surface area contributed by atoms with Gasteiger partial charge in [0.25, 0.3) is 0 Å². The minimum absolute atomic E-state index is 0.0139. The third kappa shape index (κ3) is 3.23. The SMILES string of the molecule is CCn1cnnc1CNC(C)c1cc(O)cc(O)c1. The number of phenolic OH excluding ortho intramolecular Hbond substituents is 2. The fraction of sp³-hybridized carbons (Fsp3) is 0.385. The van der Waals surface area contributed by atoms with Gasteiger partial charge >= 0.3 is 0 Å². The average molecular weight is 262 g/mol. The number of aromatic nitrogens is 3. The minimum atomic E-state index is -0.0139. The summed E-state index contributed by atoms with van der Waals surface area (Å²) in [6, 6.07) is 4.55. The fourth-order valence-electron chi connectivity index (χ4n) is 1.91. The van der Waals surface area contributed by atoms with Gasteiger partial charge in [0.1, 0.15) is 23.7 Å². The van der Waals surface area contributed by atoms with Gasteiger partial charge in [0, 0.05) is 18.7 Å². The van der Waals surface area contributed by atoms with E-state index in [1.54, 1.807) is 18.5 Å². The predicted octanol–water partition coefficient (Wildman–Crippen LogP) is 1.56. The van der Waals surface area contributed by atoms with Crippen LogP contribution < -0.4 is 5.32 Å². The van der Waals surface area contributed by atoms with Crippen molar-refractivity contribution in [2.75, 3.05) is 0 Å². The van der Waals surface area contributed by atoms with Gasteiger partial charge in [-0.1, -0.05) is 0 Å². The normalized spacial score (nSPS) is 12.5. The number of hydrogen-bond donors (Lipinski definition) is 3. The molecule has 0 amide bonds. The van der Waals surface area contributed by atoms with E-state index in [0.717, 1.165) is 17.9 Å². The van der Waals surface area contributed by atoms with Gasteiger partial charge in [-0.15, -0.1) is 10.2 Å². The summed E-state index contributed by atoms with van der Waals surface area (Å²) in [4.78, 5) is 0. The summed E-state index contributed by atoms with van der Waals surface area (Å²) in [7, 11) is 0. The molecule has 0 aliphatic heterocycles. The molecule has 1 heterocycles. The second-order valence-corrected chi connectivity index (χ2v) is 4.42. The van der Waals surface area contributed by atoms with E-state index < -0.39 is 0 Å². The third-order valence-corrected chi connectivity index (χ3v) is 3.03. The van der Waals surface area contributed by atoms with E-state index in [9.17, 15) is 10.2 Å². The van der Waals surface area contributed by atoms with Gasteiger partial charge < -0.3 is 20.1 Å².